The second-order valence-corrected chi connectivity index (χ2v) is 7.99. The van der Waals surface area contributed by atoms with E-state index in [0.717, 1.165) is 31.2 Å². The van der Waals surface area contributed by atoms with E-state index >= 15 is 0 Å². The van der Waals surface area contributed by atoms with Crippen LogP contribution in [0.3, 0.4) is 0 Å². The molecule has 1 amide bonds. The molecule has 0 atom stereocenters. The molecule has 2 aromatic rings. The van der Waals surface area contributed by atoms with Crippen molar-refractivity contribution in [3.63, 3.8) is 0 Å². The molecule has 4 rings (SSSR count). The lowest BCUT2D eigenvalue weighted by molar-refractivity contribution is -0.121. The Morgan fingerprint density at radius 2 is 1.87 bits per heavy atom. The van der Waals surface area contributed by atoms with E-state index in [1.165, 1.54) is 4.90 Å². The topological polar surface area (TPSA) is 46.6 Å². The first kappa shape index (κ1) is 20.2. The number of carbonyl (C=O) groups is 2. The Morgan fingerprint density at radius 1 is 1.13 bits per heavy atom. The summed E-state index contributed by atoms with van der Waals surface area (Å²) in [7, 11) is 0. The van der Waals surface area contributed by atoms with E-state index in [2.05, 4.69) is 12.0 Å². The molecular weight excluding hydrogens is 381 g/mol. The molecule has 1 heterocycles. The van der Waals surface area contributed by atoms with Crippen molar-refractivity contribution in [2.45, 2.75) is 45.8 Å². The largest absolute Gasteiger partial charge is 0.486 e. The average Bonchev–Trinajstić information content (AvgIpc) is 3.09. The third-order valence-electron chi connectivity index (χ3n) is 5.92. The molecule has 5 heteroatoms. The third kappa shape index (κ3) is 4.23. The van der Waals surface area contributed by atoms with Gasteiger partial charge in [0.25, 0.3) is 5.91 Å². The molecule has 154 valence electrons. The van der Waals surface area contributed by atoms with Crippen LogP contribution in [-0.4, -0.2) is 16.6 Å². The molecule has 1 aliphatic heterocycles. The zero-order valence-electron chi connectivity index (χ0n) is 17.0. The summed E-state index contributed by atoms with van der Waals surface area (Å²) >= 11 is 0. The monoisotopic (exact) mass is 405 g/mol. The van der Waals surface area contributed by atoms with Gasteiger partial charge in [-0.3, -0.25) is 14.5 Å². The van der Waals surface area contributed by atoms with Crippen molar-refractivity contribution in [1.82, 2.24) is 4.90 Å². The predicted molar refractivity (Wildman–Crippen MR) is 111 cm³/mol. The number of nitrogens with zero attached hydrogens (tertiary/aromatic N) is 1. The molecule has 2 aliphatic rings. The van der Waals surface area contributed by atoms with Crippen molar-refractivity contribution in [1.29, 1.82) is 0 Å². The maximum Gasteiger partial charge on any atom is 0.269 e. The van der Waals surface area contributed by atoms with Crippen molar-refractivity contribution >= 4 is 11.7 Å². The Labute approximate surface area is 176 Å². The number of fused-ring (bicyclic) bond motifs is 1. The number of Topliss-reactive ketones (excluding diaryl/α,β-unsaturated/α-hetero) is 1. The number of carbonyl (C=O) groups excluding carboxylic acids is 2. The van der Waals surface area contributed by atoms with Crippen LogP contribution in [0, 0.1) is 29.6 Å². The van der Waals surface area contributed by atoms with Gasteiger partial charge in [-0.2, -0.15) is 0 Å². The van der Waals surface area contributed by atoms with E-state index in [0.29, 0.717) is 5.56 Å². The van der Waals surface area contributed by atoms with Gasteiger partial charge in [0.2, 0.25) is 0 Å². The first-order valence-corrected chi connectivity index (χ1v) is 10.3. The zero-order chi connectivity index (χ0) is 21.1. The molecule has 1 saturated carbocycles. The molecule has 2 aromatic carbocycles. The molecule has 0 N–H and O–H groups in total. The summed E-state index contributed by atoms with van der Waals surface area (Å²) in [4.78, 5) is 25.6. The van der Waals surface area contributed by atoms with Crippen LogP contribution >= 0.6 is 0 Å². The number of rotatable bonds is 4. The molecule has 1 aliphatic carbocycles. The lowest BCUT2D eigenvalue weighted by Crippen LogP contribution is -2.21. The summed E-state index contributed by atoms with van der Waals surface area (Å²) < 4.78 is 20.6. The SMILES string of the molecule is CC(=O)C1CCC(C#CN2Cc3ccc(OCc4ccccc4)c(F)c3C2=O)CC1. The number of benzene rings is 2. The van der Waals surface area contributed by atoms with E-state index in [9.17, 15) is 14.0 Å². The quantitative estimate of drug-likeness (QED) is 0.692. The van der Waals surface area contributed by atoms with E-state index < -0.39 is 11.7 Å². The van der Waals surface area contributed by atoms with Crippen LogP contribution in [0.5, 0.6) is 5.75 Å². The Hall–Kier alpha value is -3.13. The smallest absolute Gasteiger partial charge is 0.269 e. The second-order valence-electron chi connectivity index (χ2n) is 7.99. The summed E-state index contributed by atoms with van der Waals surface area (Å²) in [6.45, 7) is 2.15. The second kappa shape index (κ2) is 8.71. The van der Waals surface area contributed by atoms with Gasteiger partial charge in [0.05, 0.1) is 12.1 Å². The highest BCUT2D eigenvalue weighted by Crippen LogP contribution is 2.32. The van der Waals surface area contributed by atoms with Crippen molar-refractivity contribution in [3.05, 3.63) is 65.0 Å². The minimum Gasteiger partial charge on any atom is -0.486 e. The highest BCUT2D eigenvalue weighted by Gasteiger charge is 2.32. The molecule has 0 spiro atoms. The molecule has 1 fully saturated rings. The Balaban J connectivity index is 1.42. The van der Waals surface area contributed by atoms with Crippen molar-refractivity contribution in [2.75, 3.05) is 0 Å². The van der Waals surface area contributed by atoms with Crippen LogP contribution in [0.25, 0.3) is 0 Å². The Kier molecular flexibility index (Phi) is 5.85. The van der Waals surface area contributed by atoms with Crippen molar-refractivity contribution < 1.29 is 18.7 Å². The predicted octanol–water partition coefficient (Wildman–Crippen LogP) is 4.72. The Bertz CT molecular complexity index is 1010. The number of halogens is 1. The van der Waals surface area contributed by atoms with Gasteiger partial charge in [0.1, 0.15) is 12.4 Å². The average molecular weight is 405 g/mol. The standard InChI is InChI=1S/C25H24FNO3/c1-17(28)20-9-7-18(8-10-20)13-14-27-15-21-11-12-22(24(26)23(21)25(27)29)30-16-19-5-3-2-4-6-19/h2-6,11-12,18,20H,7-10,15-16H2,1H3. The maximum atomic E-state index is 15.0. The lowest BCUT2D eigenvalue weighted by atomic mass is 9.81. The molecule has 0 aromatic heterocycles. The van der Waals surface area contributed by atoms with Crippen LogP contribution in [0.15, 0.2) is 42.5 Å². The maximum absolute atomic E-state index is 15.0. The van der Waals surface area contributed by atoms with Gasteiger partial charge in [0.15, 0.2) is 11.6 Å². The fourth-order valence-corrected chi connectivity index (χ4v) is 4.09. The first-order valence-electron chi connectivity index (χ1n) is 10.3. The number of amides is 1. The van der Waals surface area contributed by atoms with Gasteiger partial charge in [-0.05, 0) is 49.8 Å². The fourth-order valence-electron chi connectivity index (χ4n) is 4.09. The number of ketones is 1. The first-order chi connectivity index (χ1) is 14.5. The highest BCUT2D eigenvalue weighted by atomic mass is 19.1. The van der Waals surface area contributed by atoms with Crippen molar-refractivity contribution in [2.24, 2.45) is 11.8 Å². The summed E-state index contributed by atoms with van der Waals surface area (Å²) in [5, 5.41) is 0. The number of ether oxygens (including phenoxy) is 1. The summed E-state index contributed by atoms with van der Waals surface area (Å²) in [5.41, 5.74) is 1.60. The van der Waals surface area contributed by atoms with Crippen molar-refractivity contribution in [3.8, 4) is 17.7 Å². The van der Waals surface area contributed by atoms with Gasteiger partial charge in [-0.1, -0.05) is 42.3 Å². The molecular formula is C25H24FNO3. The number of hydrogen-bond donors (Lipinski definition) is 0. The van der Waals surface area contributed by atoms with Gasteiger partial charge in [0, 0.05) is 17.9 Å². The van der Waals surface area contributed by atoms with E-state index in [1.807, 2.05) is 30.3 Å². The minimum atomic E-state index is -0.625. The van der Waals surface area contributed by atoms with E-state index in [4.69, 9.17) is 4.74 Å². The Morgan fingerprint density at radius 3 is 2.57 bits per heavy atom. The molecule has 30 heavy (non-hydrogen) atoms. The van der Waals surface area contributed by atoms with Crippen LogP contribution < -0.4 is 4.74 Å². The fraction of sp³-hybridized carbons (Fsp3) is 0.360. The summed E-state index contributed by atoms with van der Waals surface area (Å²) in [6.07, 6.45) is 3.41. The van der Waals surface area contributed by atoms with Gasteiger partial charge in [-0.25, -0.2) is 4.39 Å². The molecule has 0 saturated heterocycles. The number of hydrogen-bond acceptors (Lipinski definition) is 3. The normalized spacial score (nSPS) is 20.3. The van der Waals surface area contributed by atoms with Gasteiger partial charge < -0.3 is 4.74 Å². The molecule has 0 bridgehead atoms. The van der Waals surface area contributed by atoms with E-state index in [1.54, 1.807) is 19.1 Å². The van der Waals surface area contributed by atoms with Crippen LogP contribution in [0.4, 0.5) is 4.39 Å². The summed E-state index contributed by atoms with van der Waals surface area (Å²) in [5.74, 6) is 2.75. The van der Waals surface area contributed by atoms with Crippen LogP contribution in [-0.2, 0) is 17.9 Å². The third-order valence-corrected chi connectivity index (χ3v) is 5.92. The molecule has 0 radical (unpaired) electrons. The van der Waals surface area contributed by atoms with Crippen LogP contribution in [0.1, 0.15) is 54.1 Å². The van der Waals surface area contributed by atoms with Gasteiger partial charge >= 0.3 is 0 Å². The minimum absolute atomic E-state index is 0.0511. The highest BCUT2D eigenvalue weighted by molar-refractivity contribution is 6.00. The molecule has 0 unspecified atom stereocenters. The molecule has 4 nitrogen and oxygen atoms in total. The van der Waals surface area contributed by atoms with Gasteiger partial charge in [-0.15, -0.1) is 0 Å². The van der Waals surface area contributed by atoms with E-state index in [-0.39, 0.29) is 42.1 Å². The van der Waals surface area contributed by atoms with Crippen LogP contribution in [0.2, 0.25) is 0 Å². The summed E-state index contributed by atoms with van der Waals surface area (Å²) in [6, 6.07) is 15.7. The zero-order valence-corrected chi connectivity index (χ0v) is 17.0. The lowest BCUT2D eigenvalue weighted by Gasteiger charge is -2.23.